The maximum Gasteiger partial charge on any atom is 0.573 e. The molecule has 0 saturated heterocycles. The van der Waals surface area contributed by atoms with Gasteiger partial charge < -0.3 is 9.53 Å². The van der Waals surface area contributed by atoms with Gasteiger partial charge >= 0.3 is 6.36 Å². The van der Waals surface area contributed by atoms with Crippen LogP contribution in [-0.2, 0) is 11.2 Å². The van der Waals surface area contributed by atoms with E-state index in [0.29, 0.717) is 23.4 Å². The highest BCUT2D eigenvalue weighted by Gasteiger charge is 2.30. The summed E-state index contributed by atoms with van der Waals surface area (Å²) >= 11 is 1.38. The molecule has 0 radical (unpaired) electrons. The molecule has 1 aromatic heterocycles. The molecule has 0 aliphatic heterocycles. The van der Waals surface area contributed by atoms with Gasteiger partial charge in [0.25, 0.3) is 0 Å². The second-order valence-electron chi connectivity index (χ2n) is 3.92. The minimum absolute atomic E-state index is 0.265. The lowest BCUT2D eigenvalue weighted by Crippen LogP contribution is -2.16. The Morgan fingerprint density at radius 1 is 1.25 bits per heavy atom. The van der Waals surface area contributed by atoms with Crippen molar-refractivity contribution in [3.63, 3.8) is 0 Å². The molecule has 2 rings (SSSR count). The summed E-state index contributed by atoms with van der Waals surface area (Å²) in [4.78, 5) is 14.6. The monoisotopic (exact) mass is 301 g/mol. The molecular weight excluding hydrogens is 291 g/mol. The number of benzene rings is 1. The van der Waals surface area contributed by atoms with Crippen LogP contribution in [0.1, 0.15) is 12.1 Å². The van der Waals surface area contributed by atoms with Gasteiger partial charge in [0.15, 0.2) is 0 Å². The smallest absolute Gasteiger partial charge is 0.406 e. The maximum absolute atomic E-state index is 12.0. The van der Waals surface area contributed by atoms with Crippen molar-refractivity contribution < 1.29 is 22.7 Å². The van der Waals surface area contributed by atoms with Gasteiger partial charge in [0.2, 0.25) is 0 Å². The Kier molecular flexibility index (Phi) is 4.39. The van der Waals surface area contributed by atoms with Crippen molar-refractivity contribution >= 4 is 17.6 Å². The van der Waals surface area contributed by atoms with Crippen LogP contribution in [-0.4, -0.2) is 17.6 Å². The van der Waals surface area contributed by atoms with Gasteiger partial charge in [-0.05, 0) is 30.7 Å². The Morgan fingerprint density at radius 2 is 1.95 bits per heavy atom. The van der Waals surface area contributed by atoms with E-state index in [4.69, 9.17) is 0 Å². The predicted octanol–water partition coefficient (Wildman–Crippen LogP) is 3.84. The molecule has 2 aromatic rings. The highest BCUT2D eigenvalue weighted by Crippen LogP contribution is 2.28. The third-order valence-electron chi connectivity index (χ3n) is 2.40. The van der Waals surface area contributed by atoms with E-state index in [1.807, 2.05) is 5.38 Å². The number of carbonyl (C=O) groups excluding carboxylic acids is 1. The molecule has 106 valence electrons. The first-order valence-electron chi connectivity index (χ1n) is 5.72. The minimum atomic E-state index is -4.69. The molecule has 7 heteroatoms. The van der Waals surface area contributed by atoms with Crippen LogP contribution < -0.4 is 4.74 Å². The van der Waals surface area contributed by atoms with Crippen LogP contribution in [0.2, 0.25) is 0 Å². The van der Waals surface area contributed by atoms with Gasteiger partial charge in [0.05, 0.1) is 5.69 Å². The largest absolute Gasteiger partial charge is 0.573 e. The molecule has 0 amide bonds. The van der Waals surface area contributed by atoms with Gasteiger partial charge in [0.1, 0.15) is 17.0 Å². The Morgan fingerprint density at radius 3 is 2.55 bits per heavy atom. The zero-order valence-corrected chi connectivity index (χ0v) is 11.0. The molecular formula is C13H10F3NO2S. The molecule has 0 spiro atoms. The van der Waals surface area contributed by atoms with Gasteiger partial charge in [0, 0.05) is 17.4 Å². The van der Waals surface area contributed by atoms with Crippen molar-refractivity contribution in [1.82, 2.24) is 4.98 Å². The van der Waals surface area contributed by atoms with E-state index >= 15 is 0 Å². The van der Waals surface area contributed by atoms with Gasteiger partial charge in [-0.2, -0.15) is 0 Å². The molecule has 1 heterocycles. The molecule has 1 aromatic carbocycles. The second-order valence-corrected chi connectivity index (χ2v) is 4.78. The van der Waals surface area contributed by atoms with E-state index in [-0.39, 0.29) is 5.75 Å². The number of aldehydes is 1. The maximum atomic E-state index is 12.0. The highest BCUT2D eigenvalue weighted by molar-refractivity contribution is 7.13. The van der Waals surface area contributed by atoms with Crippen LogP contribution in [0.5, 0.6) is 5.75 Å². The van der Waals surface area contributed by atoms with Gasteiger partial charge in [-0.1, -0.05) is 0 Å². The van der Waals surface area contributed by atoms with Crippen molar-refractivity contribution in [2.75, 3.05) is 0 Å². The quantitative estimate of drug-likeness (QED) is 0.788. The van der Waals surface area contributed by atoms with Crippen molar-refractivity contribution in [3.8, 4) is 16.3 Å². The van der Waals surface area contributed by atoms with Crippen molar-refractivity contribution in [3.05, 3.63) is 35.3 Å². The zero-order valence-electron chi connectivity index (χ0n) is 10.2. The fourth-order valence-electron chi connectivity index (χ4n) is 1.56. The zero-order chi connectivity index (χ0) is 14.6. The summed E-state index contributed by atoms with van der Waals surface area (Å²) in [7, 11) is 0. The van der Waals surface area contributed by atoms with Crippen molar-refractivity contribution in [2.24, 2.45) is 0 Å². The summed E-state index contributed by atoms with van der Waals surface area (Å²) in [5.41, 5.74) is 1.51. The molecule has 0 atom stereocenters. The van der Waals surface area contributed by atoms with Crippen molar-refractivity contribution in [1.29, 1.82) is 0 Å². The Hall–Kier alpha value is -1.89. The number of ether oxygens (including phenoxy) is 1. The van der Waals surface area contributed by atoms with E-state index in [2.05, 4.69) is 9.72 Å². The van der Waals surface area contributed by atoms with Gasteiger partial charge in [-0.3, -0.25) is 0 Å². The van der Waals surface area contributed by atoms with E-state index in [1.165, 1.54) is 35.6 Å². The number of carbonyl (C=O) groups is 1. The minimum Gasteiger partial charge on any atom is -0.406 e. The molecule has 3 nitrogen and oxygen atoms in total. The first-order valence-corrected chi connectivity index (χ1v) is 6.60. The first kappa shape index (κ1) is 14.5. The standard InChI is InChI=1S/C13H10F3NO2S/c14-13(15,16)19-11-5-3-9(4-6-11)12-17-10(8-20-12)2-1-7-18/h3-8H,1-2H2. The highest BCUT2D eigenvalue weighted by atomic mass is 32.1. The third-order valence-corrected chi connectivity index (χ3v) is 3.35. The fourth-order valence-corrected chi connectivity index (χ4v) is 2.42. The number of nitrogens with zero attached hydrogens (tertiary/aromatic N) is 1. The Bertz CT molecular complexity index is 578. The topological polar surface area (TPSA) is 39.2 Å². The average molecular weight is 301 g/mol. The number of hydrogen-bond donors (Lipinski definition) is 0. The molecule has 0 unspecified atom stereocenters. The van der Waals surface area contributed by atoms with E-state index < -0.39 is 6.36 Å². The Balaban J connectivity index is 2.09. The summed E-state index contributed by atoms with van der Waals surface area (Å²) in [6, 6.07) is 5.53. The van der Waals surface area contributed by atoms with Gasteiger partial charge in [-0.25, -0.2) is 4.98 Å². The molecule has 0 aliphatic carbocycles. The number of halogens is 3. The van der Waals surface area contributed by atoms with Crippen LogP contribution in [0.3, 0.4) is 0 Å². The third kappa shape index (κ3) is 4.06. The van der Waals surface area contributed by atoms with E-state index in [9.17, 15) is 18.0 Å². The van der Waals surface area contributed by atoms with Crippen LogP contribution in [0.15, 0.2) is 29.6 Å². The molecule has 0 aliphatic rings. The SMILES string of the molecule is O=CCCc1csc(-c2ccc(OC(F)(F)F)cc2)n1. The van der Waals surface area contributed by atoms with Crippen LogP contribution in [0.4, 0.5) is 13.2 Å². The summed E-state index contributed by atoms with van der Waals surface area (Å²) in [5.74, 6) is -0.265. The molecule has 0 saturated carbocycles. The lowest BCUT2D eigenvalue weighted by atomic mass is 10.2. The fraction of sp³-hybridized carbons (Fsp3) is 0.231. The summed E-state index contributed by atoms with van der Waals surface area (Å²) < 4.78 is 39.9. The average Bonchev–Trinajstić information content (AvgIpc) is 2.84. The van der Waals surface area contributed by atoms with E-state index in [0.717, 1.165) is 12.0 Å². The predicted molar refractivity (Wildman–Crippen MR) is 68.6 cm³/mol. The van der Waals surface area contributed by atoms with Crippen LogP contribution in [0.25, 0.3) is 10.6 Å². The van der Waals surface area contributed by atoms with Gasteiger partial charge in [-0.15, -0.1) is 24.5 Å². The Labute approximate surface area is 117 Å². The number of rotatable bonds is 5. The van der Waals surface area contributed by atoms with Crippen LogP contribution in [0, 0.1) is 0 Å². The number of aryl methyl sites for hydroxylation is 1. The molecule has 0 N–H and O–H groups in total. The molecule has 20 heavy (non-hydrogen) atoms. The lowest BCUT2D eigenvalue weighted by Gasteiger charge is -2.08. The second kappa shape index (κ2) is 6.04. The first-order chi connectivity index (χ1) is 9.48. The lowest BCUT2D eigenvalue weighted by molar-refractivity contribution is -0.274. The number of hydrogen-bond acceptors (Lipinski definition) is 4. The summed E-state index contributed by atoms with van der Waals surface area (Å²) in [6.45, 7) is 0. The molecule has 0 fully saturated rings. The summed E-state index contributed by atoms with van der Waals surface area (Å²) in [5, 5.41) is 2.53. The number of aromatic nitrogens is 1. The van der Waals surface area contributed by atoms with Crippen molar-refractivity contribution in [2.45, 2.75) is 19.2 Å². The number of alkyl halides is 3. The van der Waals surface area contributed by atoms with E-state index in [1.54, 1.807) is 0 Å². The van der Waals surface area contributed by atoms with Crippen LogP contribution >= 0.6 is 11.3 Å². The summed E-state index contributed by atoms with van der Waals surface area (Å²) in [6.07, 6.45) is -2.90. The molecule has 0 bridgehead atoms. The normalized spacial score (nSPS) is 11.3. The number of thiazole rings is 1.